The van der Waals surface area contributed by atoms with Gasteiger partial charge in [-0.2, -0.15) is 5.10 Å². The van der Waals surface area contributed by atoms with Crippen LogP contribution in [0, 0.1) is 0 Å². The number of imidazole rings is 1. The first-order valence-corrected chi connectivity index (χ1v) is 8.63. The number of fused-ring (bicyclic) bond motifs is 1. The van der Waals surface area contributed by atoms with E-state index < -0.39 is 0 Å². The quantitative estimate of drug-likeness (QED) is 0.785. The van der Waals surface area contributed by atoms with Crippen molar-refractivity contribution in [3.05, 3.63) is 65.5 Å². The lowest BCUT2D eigenvalue weighted by atomic mass is 10.0. The van der Waals surface area contributed by atoms with Crippen molar-refractivity contribution in [2.24, 2.45) is 0 Å². The summed E-state index contributed by atoms with van der Waals surface area (Å²) >= 11 is 0. The summed E-state index contributed by atoms with van der Waals surface area (Å²) in [6, 6.07) is 12.3. The van der Waals surface area contributed by atoms with Crippen molar-refractivity contribution in [1.29, 1.82) is 0 Å². The molecule has 0 amide bonds. The van der Waals surface area contributed by atoms with Gasteiger partial charge in [0.25, 0.3) is 0 Å². The Bertz CT molecular complexity index is 779. The Balaban J connectivity index is 1.40. The molecule has 3 aromatic rings. The molecule has 0 radical (unpaired) electrons. The molecular weight excluding hydrogens is 298 g/mol. The van der Waals surface area contributed by atoms with Gasteiger partial charge in [0.15, 0.2) is 0 Å². The molecule has 0 spiro atoms. The van der Waals surface area contributed by atoms with Crippen molar-refractivity contribution in [3.63, 3.8) is 0 Å². The Morgan fingerprint density at radius 3 is 2.75 bits per heavy atom. The molecule has 0 aliphatic heterocycles. The molecule has 0 atom stereocenters. The van der Waals surface area contributed by atoms with E-state index in [1.54, 1.807) is 0 Å². The van der Waals surface area contributed by atoms with E-state index in [1.807, 2.05) is 29.1 Å². The van der Waals surface area contributed by atoms with Crippen LogP contribution < -0.4 is 0 Å². The Kier molecular flexibility index (Phi) is 4.17. The fourth-order valence-corrected chi connectivity index (χ4v) is 3.35. The third kappa shape index (κ3) is 3.26. The van der Waals surface area contributed by atoms with Gasteiger partial charge >= 0.3 is 0 Å². The van der Waals surface area contributed by atoms with E-state index in [2.05, 4.69) is 40.2 Å². The SMILES string of the molecule is CN(Cc1ccn(-c2ccccc2)n1)Cc1nc2c([nH]1)CCCC2. The normalized spacial score (nSPS) is 14.1. The topological polar surface area (TPSA) is 49.7 Å². The first-order valence-electron chi connectivity index (χ1n) is 8.63. The molecule has 1 N–H and O–H groups in total. The van der Waals surface area contributed by atoms with E-state index in [1.165, 1.54) is 24.2 Å². The number of nitrogens with zero attached hydrogens (tertiary/aromatic N) is 4. The highest BCUT2D eigenvalue weighted by atomic mass is 15.3. The van der Waals surface area contributed by atoms with Crippen molar-refractivity contribution in [2.75, 3.05) is 7.05 Å². The standard InChI is InChI=1S/C19H23N5/c1-23(14-19-20-17-9-5-6-10-18(17)21-19)13-15-11-12-24(22-15)16-7-3-2-4-8-16/h2-4,7-8,11-12H,5-6,9-10,13-14H2,1H3,(H,20,21). The number of aryl methyl sites for hydroxylation is 2. The maximum Gasteiger partial charge on any atom is 0.120 e. The third-order valence-electron chi connectivity index (χ3n) is 4.52. The maximum absolute atomic E-state index is 4.76. The van der Waals surface area contributed by atoms with Crippen LogP contribution >= 0.6 is 0 Å². The van der Waals surface area contributed by atoms with Gasteiger partial charge in [0.1, 0.15) is 5.82 Å². The summed E-state index contributed by atoms with van der Waals surface area (Å²) < 4.78 is 1.93. The predicted molar refractivity (Wildman–Crippen MR) is 94.0 cm³/mol. The molecule has 124 valence electrons. The average molecular weight is 321 g/mol. The fourth-order valence-electron chi connectivity index (χ4n) is 3.35. The summed E-state index contributed by atoms with van der Waals surface area (Å²) in [5, 5.41) is 4.67. The molecule has 5 nitrogen and oxygen atoms in total. The number of aromatic amines is 1. The molecule has 0 fully saturated rings. The van der Waals surface area contributed by atoms with Crippen molar-refractivity contribution < 1.29 is 0 Å². The molecule has 2 aromatic heterocycles. The van der Waals surface area contributed by atoms with E-state index in [0.717, 1.165) is 43.1 Å². The van der Waals surface area contributed by atoms with Crippen molar-refractivity contribution in [3.8, 4) is 5.69 Å². The molecule has 5 heteroatoms. The third-order valence-corrected chi connectivity index (χ3v) is 4.52. The number of benzene rings is 1. The summed E-state index contributed by atoms with van der Waals surface area (Å²) in [4.78, 5) is 10.5. The molecule has 1 aliphatic carbocycles. The number of aromatic nitrogens is 4. The smallest absolute Gasteiger partial charge is 0.120 e. The highest BCUT2D eigenvalue weighted by molar-refractivity contribution is 5.30. The van der Waals surface area contributed by atoms with E-state index in [9.17, 15) is 0 Å². The average Bonchev–Trinajstić information content (AvgIpc) is 3.21. The summed E-state index contributed by atoms with van der Waals surface area (Å²) in [7, 11) is 2.11. The van der Waals surface area contributed by atoms with Crippen LogP contribution in [0.15, 0.2) is 42.6 Å². The lowest BCUT2D eigenvalue weighted by molar-refractivity contribution is 0.307. The Morgan fingerprint density at radius 1 is 1.08 bits per heavy atom. The second-order valence-electron chi connectivity index (χ2n) is 6.58. The van der Waals surface area contributed by atoms with Crippen molar-refractivity contribution >= 4 is 0 Å². The number of H-pyrrole nitrogens is 1. The number of hydrogen-bond acceptors (Lipinski definition) is 3. The van der Waals surface area contributed by atoms with Gasteiger partial charge in [0.05, 0.1) is 23.6 Å². The van der Waals surface area contributed by atoms with E-state index in [0.29, 0.717) is 0 Å². The lowest BCUT2D eigenvalue weighted by Gasteiger charge is -2.13. The van der Waals surface area contributed by atoms with E-state index >= 15 is 0 Å². The second-order valence-corrected chi connectivity index (χ2v) is 6.58. The molecular formula is C19H23N5. The monoisotopic (exact) mass is 321 g/mol. The van der Waals surface area contributed by atoms with Gasteiger partial charge in [-0.3, -0.25) is 4.90 Å². The van der Waals surface area contributed by atoms with Crippen LogP contribution in [0.2, 0.25) is 0 Å². The number of hydrogen-bond donors (Lipinski definition) is 1. The Morgan fingerprint density at radius 2 is 1.92 bits per heavy atom. The molecule has 1 aromatic carbocycles. The van der Waals surface area contributed by atoms with E-state index in [-0.39, 0.29) is 0 Å². The van der Waals surface area contributed by atoms with E-state index in [4.69, 9.17) is 4.98 Å². The summed E-state index contributed by atoms with van der Waals surface area (Å²) in [6.45, 7) is 1.64. The van der Waals surface area contributed by atoms with Crippen LogP contribution in [0.25, 0.3) is 5.69 Å². The highest BCUT2D eigenvalue weighted by Crippen LogP contribution is 2.19. The van der Waals surface area contributed by atoms with Crippen LogP contribution in [-0.2, 0) is 25.9 Å². The first-order chi connectivity index (χ1) is 11.8. The molecule has 0 bridgehead atoms. The lowest BCUT2D eigenvalue weighted by Crippen LogP contribution is -2.18. The van der Waals surface area contributed by atoms with Gasteiger partial charge in [0, 0.05) is 18.4 Å². The summed E-state index contributed by atoms with van der Waals surface area (Å²) in [6.07, 6.45) is 6.83. The van der Waals surface area contributed by atoms with Gasteiger partial charge in [-0.15, -0.1) is 0 Å². The molecule has 0 saturated carbocycles. The van der Waals surface area contributed by atoms with Crippen molar-refractivity contribution in [1.82, 2.24) is 24.6 Å². The summed E-state index contributed by atoms with van der Waals surface area (Å²) in [5.74, 6) is 1.08. The van der Waals surface area contributed by atoms with Crippen LogP contribution in [0.3, 0.4) is 0 Å². The molecule has 0 saturated heterocycles. The molecule has 1 aliphatic rings. The van der Waals surface area contributed by atoms with Crippen LogP contribution in [0.4, 0.5) is 0 Å². The Labute approximate surface area is 142 Å². The highest BCUT2D eigenvalue weighted by Gasteiger charge is 2.15. The minimum atomic E-state index is 0.811. The first kappa shape index (κ1) is 15.1. The minimum Gasteiger partial charge on any atom is -0.345 e. The summed E-state index contributed by atoms with van der Waals surface area (Å²) in [5.41, 5.74) is 4.78. The van der Waals surface area contributed by atoms with Crippen molar-refractivity contribution in [2.45, 2.75) is 38.8 Å². The molecule has 24 heavy (non-hydrogen) atoms. The predicted octanol–water partition coefficient (Wildman–Crippen LogP) is 3.11. The Hall–Kier alpha value is -2.40. The number of para-hydroxylation sites is 1. The van der Waals surface area contributed by atoms with Gasteiger partial charge in [-0.05, 0) is 50.9 Å². The fraction of sp³-hybridized carbons (Fsp3) is 0.368. The van der Waals surface area contributed by atoms with Gasteiger partial charge in [-0.25, -0.2) is 9.67 Å². The molecule has 0 unspecified atom stereocenters. The number of rotatable bonds is 5. The van der Waals surface area contributed by atoms with Gasteiger partial charge in [0.2, 0.25) is 0 Å². The zero-order valence-electron chi connectivity index (χ0n) is 14.1. The zero-order valence-corrected chi connectivity index (χ0v) is 14.1. The molecule has 2 heterocycles. The van der Waals surface area contributed by atoms with Gasteiger partial charge in [-0.1, -0.05) is 18.2 Å². The van der Waals surface area contributed by atoms with Crippen LogP contribution in [0.5, 0.6) is 0 Å². The van der Waals surface area contributed by atoms with Gasteiger partial charge < -0.3 is 4.98 Å². The zero-order chi connectivity index (χ0) is 16.4. The van der Waals surface area contributed by atoms with Crippen LogP contribution in [-0.4, -0.2) is 31.7 Å². The molecule has 4 rings (SSSR count). The number of nitrogens with one attached hydrogen (secondary N) is 1. The maximum atomic E-state index is 4.76. The second kappa shape index (κ2) is 6.61. The van der Waals surface area contributed by atoms with Crippen LogP contribution in [0.1, 0.15) is 35.7 Å². The minimum absolute atomic E-state index is 0.811. The largest absolute Gasteiger partial charge is 0.345 e.